The lowest BCUT2D eigenvalue weighted by Gasteiger charge is -2.17. The van der Waals surface area contributed by atoms with Crippen LogP contribution in [0.3, 0.4) is 0 Å². The van der Waals surface area contributed by atoms with E-state index in [1.807, 2.05) is 20.8 Å². The Balaban J connectivity index is 3.00. The van der Waals surface area contributed by atoms with E-state index >= 15 is 0 Å². The number of nitrogens with zero attached hydrogens (tertiary/aromatic N) is 2. The number of aliphatic hydroxyl groups excluding tert-OH is 1. The van der Waals surface area contributed by atoms with Crippen LogP contribution in [0.25, 0.3) is 0 Å². The van der Waals surface area contributed by atoms with Crippen LogP contribution in [0.2, 0.25) is 0 Å². The van der Waals surface area contributed by atoms with E-state index in [-0.39, 0.29) is 12.6 Å². The van der Waals surface area contributed by atoms with Gasteiger partial charge in [0.1, 0.15) is 17.5 Å². The molecule has 1 aromatic rings. The summed E-state index contributed by atoms with van der Waals surface area (Å²) in [7, 11) is 0. The molecule has 102 valence electrons. The van der Waals surface area contributed by atoms with Gasteiger partial charge in [0, 0.05) is 24.6 Å². The molecule has 0 amide bonds. The van der Waals surface area contributed by atoms with Crippen LogP contribution in [0.15, 0.2) is 0 Å². The third-order valence-electron chi connectivity index (χ3n) is 2.71. The highest BCUT2D eigenvalue weighted by molar-refractivity contribution is 5.57. The molecule has 0 bridgehead atoms. The number of rotatable bonds is 7. The molecule has 0 saturated heterocycles. The van der Waals surface area contributed by atoms with Crippen molar-refractivity contribution >= 4 is 11.6 Å². The summed E-state index contributed by atoms with van der Waals surface area (Å²) in [5.74, 6) is 2.50. The molecule has 0 aliphatic rings. The molecular weight excluding hydrogens is 228 g/mol. The zero-order chi connectivity index (χ0) is 13.5. The maximum atomic E-state index is 9.10. The molecule has 3 N–H and O–H groups in total. The Bertz CT molecular complexity index is 381. The quantitative estimate of drug-likeness (QED) is 0.692. The van der Waals surface area contributed by atoms with Crippen LogP contribution in [0.4, 0.5) is 11.6 Å². The van der Waals surface area contributed by atoms with Gasteiger partial charge in [-0.15, -0.1) is 0 Å². The molecule has 1 rings (SSSR count). The first-order valence-electron chi connectivity index (χ1n) is 6.61. The predicted molar refractivity (Wildman–Crippen MR) is 75.1 cm³/mol. The number of aryl methyl sites for hydroxylation is 1. The minimum absolute atomic E-state index is 0.0117. The molecule has 0 spiro atoms. The molecule has 0 aromatic carbocycles. The minimum Gasteiger partial charge on any atom is -0.394 e. The van der Waals surface area contributed by atoms with Gasteiger partial charge in [0.25, 0.3) is 0 Å². The molecule has 0 radical (unpaired) electrons. The average molecular weight is 252 g/mol. The van der Waals surface area contributed by atoms with Gasteiger partial charge in [0.2, 0.25) is 0 Å². The van der Waals surface area contributed by atoms with Gasteiger partial charge in [-0.3, -0.25) is 0 Å². The lowest BCUT2D eigenvalue weighted by molar-refractivity contribution is 0.281. The Kier molecular flexibility index (Phi) is 5.85. The van der Waals surface area contributed by atoms with Gasteiger partial charge in [0.15, 0.2) is 0 Å². The second-order valence-corrected chi connectivity index (χ2v) is 4.47. The number of aromatic nitrogens is 2. The van der Waals surface area contributed by atoms with Gasteiger partial charge >= 0.3 is 0 Å². The Morgan fingerprint density at radius 1 is 1.22 bits per heavy atom. The van der Waals surface area contributed by atoms with E-state index in [1.54, 1.807) is 0 Å². The van der Waals surface area contributed by atoms with Gasteiger partial charge in [-0.25, -0.2) is 9.97 Å². The van der Waals surface area contributed by atoms with Gasteiger partial charge in [-0.1, -0.05) is 13.8 Å². The van der Waals surface area contributed by atoms with Crippen LogP contribution in [-0.2, 0) is 6.42 Å². The summed E-state index contributed by atoms with van der Waals surface area (Å²) in [6, 6.07) is -0.0117. The van der Waals surface area contributed by atoms with Crippen molar-refractivity contribution < 1.29 is 5.11 Å². The molecule has 5 heteroatoms. The fraction of sp³-hybridized carbons (Fsp3) is 0.692. The monoisotopic (exact) mass is 252 g/mol. The molecule has 1 aromatic heterocycles. The Morgan fingerprint density at radius 2 is 1.89 bits per heavy atom. The third-order valence-corrected chi connectivity index (χ3v) is 2.71. The summed E-state index contributed by atoms with van der Waals surface area (Å²) in [4.78, 5) is 8.97. The largest absolute Gasteiger partial charge is 0.394 e. The summed E-state index contributed by atoms with van der Waals surface area (Å²) >= 11 is 0. The standard InChI is InChI=1S/C13H24N4O/c1-5-7-14-12-10(4)13(15-9(3)8-18)17-11(6-2)16-12/h9,18H,5-8H2,1-4H3,(H2,14,15,16,17). The molecule has 5 nitrogen and oxygen atoms in total. The van der Waals surface area contributed by atoms with Crippen molar-refractivity contribution in [3.05, 3.63) is 11.4 Å². The normalized spacial score (nSPS) is 12.3. The van der Waals surface area contributed by atoms with Crippen molar-refractivity contribution in [2.45, 2.75) is 46.6 Å². The summed E-state index contributed by atoms with van der Waals surface area (Å²) in [5, 5.41) is 15.6. The number of nitrogens with one attached hydrogen (secondary N) is 2. The highest BCUT2D eigenvalue weighted by Gasteiger charge is 2.11. The Hall–Kier alpha value is -1.36. The van der Waals surface area contributed by atoms with E-state index in [2.05, 4.69) is 27.5 Å². The van der Waals surface area contributed by atoms with E-state index in [4.69, 9.17) is 5.11 Å². The van der Waals surface area contributed by atoms with E-state index in [9.17, 15) is 0 Å². The van der Waals surface area contributed by atoms with Crippen LogP contribution >= 0.6 is 0 Å². The van der Waals surface area contributed by atoms with Crippen molar-refractivity contribution in [1.82, 2.24) is 9.97 Å². The van der Waals surface area contributed by atoms with E-state index in [1.165, 1.54) is 0 Å². The maximum Gasteiger partial charge on any atom is 0.135 e. The van der Waals surface area contributed by atoms with Crippen LogP contribution < -0.4 is 10.6 Å². The van der Waals surface area contributed by atoms with Gasteiger partial charge in [0.05, 0.1) is 6.61 Å². The summed E-state index contributed by atoms with van der Waals surface area (Å²) in [5.41, 5.74) is 1.00. The second-order valence-electron chi connectivity index (χ2n) is 4.47. The first kappa shape index (κ1) is 14.7. The fourth-order valence-corrected chi connectivity index (χ4v) is 1.56. The molecule has 0 saturated carbocycles. The zero-order valence-electron chi connectivity index (χ0n) is 11.7. The lowest BCUT2D eigenvalue weighted by Crippen LogP contribution is -2.22. The molecule has 1 unspecified atom stereocenters. The molecule has 1 atom stereocenters. The van der Waals surface area contributed by atoms with Gasteiger partial charge in [-0.05, 0) is 20.3 Å². The number of aliphatic hydroxyl groups is 1. The van der Waals surface area contributed by atoms with Crippen molar-refractivity contribution in [2.75, 3.05) is 23.8 Å². The highest BCUT2D eigenvalue weighted by atomic mass is 16.3. The minimum atomic E-state index is -0.0117. The van der Waals surface area contributed by atoms with Crippen molar-refractivity contribution in [3.63, 3.8) is 0 Å². The second kappa shape index (κ2) is 7.16. The third kappa shape index (κ3) is 3.84. The zero-order valence-corrected chi connectivity index (χ0v) is 11.7. The van der Waals surface area contributed by atoms with E-state index < -0.39 is 0 Å². The first-order valence-corrected chi connectivity index (χ1v) is 6.61. The molecular formula is C13H24N4O. The first-order chi connectivity index (χ1) is 8.62. The van der Waals surface area contributed by atoms with E-state index in [0.717, 1.165) is 42.4 Å². The van der Waals surface area contributed by atoms with Gasteiger partial charge < -0.3 is 15.7 Å². The molecule has 0 aliphatic heterocycles. The predicted octanol–water partition coefficient (Wildman–Crippen LogP) is 1.96. The van der Waals surface area contributed by atoms with Crippen LogP contribution in [0.5, 0.6) is 0 Å². The summed E-state index contributed by atoms with van der Waals surface area (Å²) < 4.78 is 0. The van der Waals surface area contributed by atoms with Crippen molar-refractivity contribution in [2.24, 2.45) is 0 Å². The molecule has 0 aliphatic carbocycles. The van der Waals surface area contributed by atoms with Crippen LogP contribution in [0, 0.1) is 6.92 Å². The van der Waals surface area contributed by atoms with Crippen LogP contribution in [-0.4, -0.2) is 34.3 Å². The highest BCUT2D eigenvalue weighted by Crippen LogP contribution is 2.20. The molecule has 0 fully saturated rings. The SMILES string of the molecule is CCCNc1nc(CC)nc(NC(C)CO)c1C. The topological polar surface area (TPSA) is 70.1 Å². The summed E-state index contributed by atoms with van der Waals surface area (Å²) in [6.45, 7) is 9.06. The molecule has 1 heterocycles. The Morgan fingerprint density at radius 3 is 2.44 bits per heavy atom. The maximum absolute atomic E-state index is 9.10. The van der Waals surface area contributed by atoms with E-state index in [0.29, 0.717) is 0 Å². The smallest absolute Gasteiger partial charge is 0.135 e. The van der Waals surface area contributed by atoms with Gasteiger partial charge in [-0.2, -0.15) is 0 Å². The lowest BCUT2D eigenvalue weighted by atomic mass is 10.2. The Labute approximate surface area is 109 Å². The average Bonchev–Trinajstić information content (AvgIpc) is 2.39. The van der Waals surface area contributed by atoms with Crippen molar-refractivity contribution in [1.29, 1.82) is 0 Å². The number of hydrogen-bond donors (Lipinski definition) is 3. The number of hydrogen-bond acceptors (Lipinski definition) is 5. The van der Waals surface area contributed by atoms with Crippen LogP contribution in [0.1, 0.15) is 38.6 Å². The number of anilines is 2. The molecule has 18 heavy (non-hydrogen) atoms. The summed E-state index contributed by atoms with van der Waals surface area (Å²) in [6.07, 6.45) is 1.85. The fourth-order valence-electron chi connectivity index (χ4n) is 1.56. The van der Waals surface area contributed by atoms with Crippen molar-refractivity contribution in [3.8, 4) is 0 Å².